The van der Waals surface area contributed by atoms with Gasteiger partial charge in [0.25, 0.3) is 0 Å². The second kappa shape index (κ2) is 9.07. The number of nitrogens with zero attached hydrogens (tertiary/aromatic N) is 2. The van der Waals surface area contributed by atoms with Crippen LogP contribution in [0.3, 0.4) is 0 Å². The summed E-state index contributed by atoms with van der Waals surface area (Å²) >= 11 is 20.2. The van der Waals surface area contributed by atoms with Gasteiger partial charge in [-0.25, -0.2) is 4.39 Å². The van der Waals surface area contributed by atoms with Crippen molar-refractivity contribution in [2.75, 3.05) is 16.4 Å². The lowest BCUT2D eigenvalue weighted by molar-refractivity contribution is -0.113. The number of anilines is 3. The van der Waals surface area contributed by atoms with Gasteiger partial charge < -0.3 is 10.6 Å². The number of rotatable bonds is 6. The zero-order chi connectivity index (χ0) is 19.4. The van der Waals surface area contributed by atoms with Gasteiger partial charge in [0.05, 0.1) is 32.2 Å². The number of nitrogens with one attached hydrogen (secondary N) is 2. The third-order valence-corrected chi connectivity index (χ3v) is 6.14. The first-order valence-electron chi connectivity index (χ1n) is 7.34. The third kappa shape index (κ3) is 5.46. The molecule has 0 radical (unpaired) electrons. The Morgan fingerprint density at radius 2 is 1.81 bits per heavy atom. The van der Waals surface area contributed by atoms with Crippen LogP contribution in [0.15, 0.2) is 40.7 Å². The number of para-hydroxylation sites is 1. The average Bonchev–Trinajstić information content (AvgIpc) is 3.07. The van der Waals surface area contributed by atoms with E-state index in [4.69, 9.17) is 34.8 Å². The van der Waals surface area contributed by atoms with E-state index in [9.17, 15) is 9.18 Å². The van der Waals surface area contributed by atoms with Crippen molar-refractivity contribution >= 4 is 80.3 Å². The van der Waals surface area contributed by atoms with Crippen molar-refractivity contribution in [3.05, 3.63) is 57.3 Å². The lowest BCUT2D eigenvalue weighted by Crippen LogP contribution is -2.14. The molecule has 0 aliphatic rings. The predicted molar refractivity (Wildman–Crippen MR) is 110 cm³/mol. The molecular weight excluding hydrogens is 454 g/mol. The molecule has 0 spiro atoms. The van der Waals surface area contributed by atoms with E-state index in [-0.39, 0.29) is 27.5 Å². The summed E-state index contributed by atoms with van der Waals surface area (Å²) in [5.41, 5.74) is 0.674. The van der Waals surface area contributed by atoms with Crippen molar-refractivity contribution < 1.29 is 9.18 Å². The van der Waals surface area contributed by atoms with Gasteiger partial charge in [-0.15, -0.1) is 10.2 Å². The van der Waals surface area contributed by atoms with Crippen LogP contribution < -0.4 is 10.6 Å². The Kier molecular flexibility index (Phi) is 6.78. The maximum atomic E-state index is 13.6. The zero-order valence-electron chi connectivity index (χ0n) is 13.3. The van der Waals surface area contributed by atoms with Crippen LogP contribution in [-0.4, -0.2) is 21.9 Å². The number of aromatic nitrogens is 2. The first-order chi connectivity index (χ1) is 12.9. The van der Waals surface area contributed by atoms with E-state index in [0.29, 0.717) is 25.9 Å². The van der Waals surface area contributed by atoms with E-state index >= 15 is 0 Å². The number of thioether (sulfide) groups is 1. The number of carbonyl (C=O) groups excluding carboxylic acids is 1. The van der Waals surface area contributed by atoms with E-state index in [0.717, 1.165) is 0 Å². The van der Waals surface area contributed by atoms with Crippen LogP contribution in [0, 0.1) is 5.82 Å². The number of benzene rings is 2. The van der Waals surface area contributed by atoms with Crippen LogP contribution >= 0.6 is 57.9 Å². The average molecular weight is 464 g/mol. The van der Waals surface area contributed by atoms with Gasteiger partial charge in [0.1, 0.15) is 5.82 Å². The fourth-order valence-corrected chi connectivity index (χ4v) is 4.09. The molecule has 0 bridgehead atoms. The second-order valence-electron chi connectivity index (χ2n) is 5.06. The minimum atomic E-state index is -0.389. The molecule has 0 saturated carbocycles. The lowest BCUT2D eigenvalue weighted by atomic mass is 10.3. The van der Waals surface area contributed by atoms with E-state index in [1.807, 2.05) is 0 Å². The first kappa shape index (κ1) is 20.2. The van der Waals surface area contributed by atoms with Crippen molar-refractivity contribution in [2.24, 2.45) is 0 Å². The van der Waals surface area contributed by atoms with Crippen LogP contribution in [0.5, 0.6) is 0 Å². The van der Waals surface area contributed by atoms with Gasteiger partial charge in [-0.1, -0.05) is 70.0 Å². The first-order valence-corrected chi connectivity index (χ1v) is 10.3. The molecule has 0 saturated heterocycles. The molecule has 3 aromatic rings. The van der Waals surface area contributed by atoms with E-state index in [1.54, 1.807) is 18.2 Å². The summed E-state index contributed by atoms with van der Waals surface area (Å²) < 4.78 is 14.2. The fraction of sp³-hybridized carbons (Fsp3) is 0.0625. The number of hydrogen-bond acceptors (Lipinski definition) is 6. The summed E-state index contributed by atoms with van der Waals surface area (Å²) in [5, 5.41) is 14.7. The maximum absolute atomic E-state index is 13.6. The highest BCUT2D eigenvalue weighted by Crippen LogP contribution is 2.33. The molecule has 2 aromatic carbocycles. The Labute approximate surface area is 177 Å². The van der Waals surface area contributed by atoms with Crippen LogP contribution in [0.4, 0.5) is 20.9 Å². The summed E-state index contributed by atoms with van der Waals surface area (Å²) in [6.45, 7) is 0. The highest BCUT2D eigenvalue weighted by atomic mass is 35.5. The summed E-state index contributed by atoms with van der Waals surface area (Å²) in [6, 6.07) is 9.19. The molecular formula is C16H10Cl3FN4OS2. The molecule has 2 N–H and O–H groups in total. The molecule has 0 fully saturated rings. The van der Waals surface area contributed by atoms with Crippen molar-refractivity contribution in [3.63, 3.8) is 0 Å². The van der Waals surface area contributed by atoms with Crippen LogP contribution in [-0.2, 0) is 4.79 Å². The van der Waals surface area contributed by atoms with Crippen LogP contribution in [0.1, 0.15) is 0 Å². The highest BCUT2D eigenvalue weighted by Gasteiger charge is 2.12. The zero-order valence-corrected chi connectivity index (χ0v) is 17.2. The summed E-state index contributed by atoms with van der Waals surface area (Å²) in [7, 11) is 0. The molecule has 3 rings (SSSR count). The minimum Gasteiger partial charge on any atom is -0.328 e. The molecule has 140 valence electrons. The lowest BCUT2D eigenvalue weighted by Gasteiger charge is -2.08. The molecule has 5 nitrogen and oxygen atoms in total. The van der Waals surface area contributed by atoms with Gasteiger partial charge in [-0.3, -0.25) is 4.79 Å². The molecule has 0 atom stereocenters. The van der Waals surface area contributed by atoms with Gasteiger partial charge in [-0.2, -0.15) is 0 Å². The molecule has 11 heteroatoms. The Balaban J connectivity index is 1.56. The normalized spacial score (nSPS) is 10.7. The Morgan fingerprint density at radius 1 is 1.07 bits per heavy atom. The van der Waals surface area contributed by atoms with Gasteiger partial charge in [0.2, 0.25) is 11.0 Å². The molecule has 0 aliphatic heterocycles. The van der Waals surface area contributed by atoms with Crippen LogP contribution in [0.25, 0.3) is 0 Å². The summed E-state index contributed by atoms with van der Waals surface area (Å²) in [5.74, 6) is -0.593. The Bertz CT molecular complexity index is 986. The van der Waals surface area contributed by atoms with Crippen LogP contribution in [0.2, 0.25) is 15.1 Å². The highest BCUT2D eigenvalue weighted by molar-refractivity contribution is 8.01. The van der Waals surface area contributed by atoms with E-state index < -0.39 is 0 Å². The monoisotopic (exact) mass is 462 g/mol. The SMILES string of the molecule is O=C(CSc1nnc(Nc2ccccc2F)s1)Nc1cc(Cl)c(Cl)cc1Cl. The van der Waals surface area contributed by atoms with Crippen molar-refractivity contribution in [1.82, 2.24) is 10.2 Å². The summed E-state index contributed by atoms with van der Waals surface area (Å²) in [4.78, 5) is 12.1. The second-order valence-corrected chi connectivity index (χ2v) is 8.48. The van der Waals surface area contributed by atoms with Crippen molar-refractivity contribution in [2.45, 2.75) is 4.34 Å². The number of amides is 1. The quantitative estimate of drug-likeness (QED) is 0.341. The molecule has 27 heavy (non-hydrogen) atoms. The number of carbonyl (C=O) groups is 1. The van der Waals surface area contributed by atoms with E-state index in [1.165, 1.54) is 41.3 Å². The Hall–Kier alpha value is -1.58. The predicted octanol–water partition coefficient (Wildman–Crippen LogP) is 6.11. The molecule has 1 amide bonds. The van der Waals surface area contributed by atoms with Crippen molar-refractivity contribution in [3.8, 4) is 0 Å². The van der Waals surface area contributed by atoms with Gasteiger partial charge >= 0.3 is 0 Å². The Morgan fingerprint density at radius 3 is 2.59 bits per heavy atom. The fourth-order valence-electron chi connectivity index (χ4n) is 1.93. The molecule has 1 heterocycles. The summed E-state index contributed by atoms with van der Waals surface area (Å²) in [6.07, 6.45) is 0. The van der Waals surface area contributed by atoms with Gasteiger partial charge in [0.15, 0.2) is 4.34 Å². The van der Waals surface area contributed by atoms with E-state index in [2.05, 4.69) is 20.8 Å². The molecule has 0 unspecified atom stereocenters. The molecule has 0 aliphatic carbocycles. The molecule has 1 aromatic heterocycles. The van der Waals surface area contributed by atoms with Gasteiger partial charge in [0, 0.05) is 0 Å². The standard InChI is InChI=1S/C16H10Cl3FN4OS2/c17-8-5-10(19)13(6-9(8)18)21-14(25)7-26-16-24-23-15(27-16)22-12-4-2-1-3-11(12)20/h1-6H,7H2,(H,21,25)(H,22,23). The topological polar surface area (TPSA) is 66.9 Å². The number of halogens is 4. The van der Waals surface area contributed by atoms with Gasteiger partial charge in [-0.05, 0) is 24.3 Å². The minimum absolute atomic E-state index is 0.0882. The maximum Gasteiger partial charge on any atom is 0.234 e. The van der Waals surface area contributed by atoms with Crippen molar-refractivity contribution in [1.29, 1.82) is 0 Å². The smallest absolute Gasteiger partial charge is 0.234 e. The largest absolute Gasteiger partial charge is 0.328 e. The number of hydrogen-bond donors (Lipinski definition) is 2. The third-order valence-electron chi connectivity index (χ3n) is 3.13.